The number of nitro groups is 2. The average Bonchev–Trinajstić information content (AvgIpc) is 3.21. The molecule has 297 valence electrons. The number of non-ortho nitro benzene ring substituents is 2. The van der Waals surface area contributed by atoms with Crippen molar-refractivity contribution in [3.8, 4) is 0 Å². The number of hydrogen-bond donors (Lipinski definition) is 2. The number of ketones is 4. The molecule has 0 saturated carbocycles. The summed E-state index contributed by atoms with van der Waals surface area (Å²) in [5.41, 5.74) is 1.18. The summed E-state index contributed by atoms with van der Waals surface area (Å²) in [5.74, 6) is -4.09. The summed E-state index contributed by atoms with van der Waals surface area (Å²) in [6.45, 7) is 5.06. The smallest absolute Gasteiger partial charge is 0.872 e. The van der Waals surface area contributed by atoms with Gasteiger partial charge < -0.3 is 20.8 Å². The van der Waals surface area contributed by atoms with Gasteiger partial charge in [-0.3, -0.25) is 39.4 Å². The number of carbonyl (C=O) groups is 4. The van der Waals surface area contributed by atoms with Crippen LogP contribution in [0, 0.1) is 20.2 Å². The third-order valence-electron chi connectivity index (χ3n) is 9.43. The molecule has 0 aliphatic heterocycles. The van der Waals surface area contributed by atoms with Crippen LogP contribution in [0.15, 0.2) is 108 Å². The first-order valence-electron chi connectivity index (χ1n) is 18.1. The van der Waals surface area contributed by atoms with Gasteiger partial charge in [-0.05, 0) is 48.2 Å². The van der Waals surface area contributed by atoms with Gasteiger partial charge in [0.15, 0.2) is 0 Å². The van der Waals surface area contributed by atoms with Gasteiger partial charge in [-0.25, -0.2) is 0 Å². The van der Waals surface area contributed by atoms with Crippen molar-refractivity contribution in [1.82, 2.24) is 10.6 Å². The van der Waals surface area contributed by atoms with Crippen LogP contribution in [0.4, 0.5) is 11.4 Å². The van der Waals surface area contributed by atoms with Gasteiger partial charge in [-0.15, -0.1) is 0 Å². The van der Waals surface area contributed by atoms with E-state index in [-0.39, 0.29) is 61.8 Å². The molecule has 1 radical (unpaired) electrons. The van der Waals surface area contributed by atoms with Gasteiger partial charge in [0.05, 0.1) is 21.9 Å². The van der Waals surface area contributed by atoms with Gasteiger partial charge in [0.2, 0.25) is 23.1 Å². The van der Waals surface area contributed by atoms with Gasteiger partial charge in [-0.1, -0.05) is 111 Å². The largest absolute Gasteiger partial charge is 2.00 e. The fraction of sp³-hybridized carbons (Fsp3) is 0.238. The minimum atomic E-state index is -0.837. The van der Waals surface area contributed by atoms with Crippen LogP contribution < -0.4 is 20.8 Å². The third-order valence-corrected chi connectivity index (χ3v) is 9.43. The van der Waals surface area contributed by atoms with Crippen molar-refractivity contribution in [3.63, 3.8) is 0 Å². The summed E-state index contributed by atoms with van der Waals surface area (Å²) in [7, 11) is 0. The minimum Gasteiger partial charge on any atom is -0.872 e. The van der Waals surface area contributed by atoms with Crippen LogP contribution in [0.5, 0.6) is 0 Å². The number of unbranched alkanes of at least 4 members (excludes halogenated alkanes) is 2. The predicted molar refractivity (Wildman–Crippen MR) is 203 cm³/mol. The van der Waals surface area contributed by atoms with Crippen LogP contribution in [0.1, 0.15) is 94.6 Å². The van der Waals surface area contributed by atoms with E-state index in [1.807, 2.05) is 13.8 Å². The van der Waals surface area contributed by atoms with Crippen LogP contribution in [0.3, 0.4) is 0 Å². The summed E-state index contributed by atoms with van der Waals surface area (Å²) in [5, 5.41) is 54.2. The standard InChI is InChI=1S/2C21H20N2O5.Cu/c2*1-2-3-12-22-18(13-8-10-14(11-9-13)23(27)28)17-19(24)15-6-4-5-7-16(15)20(25)21(17)26;/h2*4-11,18,22,24H,2-3,12H2,1H3;/q;;+2/p-2. The summed E-state index contributed by atoms with van der Waals surface area (Å²) in [4.78, 5) is 71.4. The van der Waals surface area contributed by atoms with E-state index >= 15 is 0 Å². The van der Waals surface area contributed by atoms with Crippen LogP contribution in [-0.4, -0.2) is 46.1 Å². The van der Waals surface area contributed by atoms with Crippen molar-refractivity contribution >= 4 is 46.0 Å². The van der Waals surface area contributed by atoms with Gasteiger partial charge in [0, 0.05) is 46.5 Å². The maximum absolute atomic E-state index is 13.0. The fourth-order valence-electron chi connectivity index (χ4n) is 6.46. The van der Waals surface area contributed by atoms with Crippen LogP contribution in [0.2, 0.25) is 0 Å². The van der Waals surface area contributed by atoms with E-state index in [0.717, 1.165) is 25.7 Å². The molecule has 6 rings (SSSR count). The molecule has 0 saturated heterocycles. The molecule has 14 nitrogen and oxygen atoms in total. The molecule has 0 spiro atoms. The van der Waals surface area contributed by atoms with E-state index < -0.39 is 56.6 Å². The molecule has 15 heteroatoms. The van der Waals surface area contributed by atoms with Crippen LogP contribution in [0.25, 0.3) is 11.5 Å². The predicted octanol–water partition coefficient (Wildman–Crippen LogP) is 5.12. The Bertz CT molecular complexity index is 2090. The molecule has 0 amide bonds. The molecular formula is C42H38CuN4O10. The van der Waals surface area contributed by atoms with Crippen molar-refractivity contribution < 1.29 is 56.3 Å². The molecule has 2 atom stereocenters. The van der Waals surface area contributed by atoms with E-state index in [9.17, 15) is 49.6 Å². The molecule has 0 bridgehead atoms. The van der Waals surface area contributed by atoms with Crippen LogP contribution in [-0.2, 0) is 26.7 Å². The molecule has 2 aliphatic rings. The summed E-state index contributed by atoms with van der Waals surface area (Å²) < 4.78 is 0. The van der Waals surface area contributed by atoms with Gasteiger partial charge in [0.1, 0.15) is 0 Å². The number of benzene rings is 4. The van der Waals surface area contributed by atoms with Crippen molar-refractivity contribution in [2.24, 2.45) is 0 Å². The summed E-state index contributed by atoms with van der Waals surface area (Å²) in [6, 6.07) is 22.1. The van der Waals surface area contributed by atoms with Crippen molar-refractivity contribution in [2.75, 3.05) is 13.1 Å². The Morgan fingerprint density at radius 1 is 0.509 bits per heavy atom. The number of nitro benzene ring substituents is 2. The molecule has 57 heavy (non-hydrogen) atoms. The molecule has 0 heterocycles. The SMILES string of the molecule is CCCCNC(C1=C([O-])c2ccccc2C(=O)C1=O)c1ccc([N+](=O)[O-])cc1.CCCCNC(C1=C([O-])c2ccccc2C(=O)C1=O)c1ccc([N+](=O)[O-])cc1.[Cu+2]. The molecule has 2 N–H and O–H groups in total. The minimum absolute atomic E-state index is 0. The van der Waals surface area contributed by atoms with E-state index in [2.05, 4.69) is 10.6 Å². The van der Waals surface area contributed by atoms with E-state index in [1.54, 1.807) is 24.3 Å². The zero-order valence-corrected chi connectivity index (χ0v) is 31.9. The number of carbonyl (C=O) groups excluding carboxylic acids is 4. The Morgan fingerprint density at radius 3 is 1.12 bits per heavy atom. The Morgan fingerprint density at radius 2 is 0.825 bits per heavy atom. The Balaban J connectivity index is 0.000000248. The maximum Gasteiger partial charge on any atom is 2.00 e. The number of nitrogens with one attached hydrogen (secondary N) is 2. The summed E-state index contributed by atoms with van der Waals surface area (Å²) in [6.07, 6.45) is 3.42. The molecule has 2 unspecified atom stereocenters. The zero-order valence-electron chi connectivity index (χ0n) is 30.9. The normalized spacial score (nSPS) is 14.5. The average molecular weight is 822 g/mol. The van der Waals surface area contributed by atoms with Gasteiger partial charge in [0.25, 0.3) is 11.4 Å². The first-order valence-corrected chi connectivity index (χ1v) is 18.1. The third kappa shape index (κ3) is 9.47. The second-order valence-electron chi connectivity index (χ2n) is 13.1. The molecular weight excluding hydrogens is 784 g/mol. The zero-order chi connectivity index (χ0) is 40.5. The fourth-order valence-corrected chi connectivity index (χ4v) is 6.46. The Kier molecular flexibility index (Phi) is 15.0. The molecule has 0 aromatic heterocycles. The first-order chi connectivity index (χ1) is 26.9. The molecule has 4 aromatic carbocycles. The summed E-state index contributed by atoms with van der Waals surface area (Å²) >= 11 is 0. The molecule has 2 aliphatic carbocycles. The van der Waals surface area contributed by atoms with Crippen molar-refractivity contribution in [2.45, 2.75) is 51.6 Å². The second kappa shape index (κ2) is 19.6. The van der Waals surface area contributed by atoms with E-state index in [1.165, 1.54) is 72.8 Å². The van der Waals surface area contributed by atoms with E-state index in [4.69, 9.17) is 0 Å². The molecule has 4 aromatic rings. The number of hydrogen-bond acceptors (Lipinski definition) is 12. The number of rotatable bonds is 14. The van der Waals surface area contributed by atoms with Crippen LogP contribution >= 0.6 is 0 Å². The van der Waals surface area contributed by atoms with Crippen molar-refractivity contribution in [3.05, 3.63) is 162 Å². The first kappa shape index (κ1) is 43.6. The number of Topliss-reactive ketones (excluding diaryl/α,β-unsaturated/α-hetero) is 4. The second-order valence-corrected chi connectivity index (χ2v) is 13.1. The topological polar surface area (TPSA) is 225 Å². The number of nitrogens with zero attached hydrogens (tertiary/aromatic N) is 2. The molecule has 0 fully saturated rings. The quantitative estimate of drug-likeness (QED) is 0.0556. The Labute approximate surface area is 338 Å². The number of fused-ring (bicyclic) bond motifs is 2. The van der Waals surface area contributed by atoms with Gasteiger partial charge >= 0.3 is 17.1 Å². The monoisotopic (exact) mass is 821 g/mol. The maximum atomic E-state index is 13.0. The van der Waals surface area contributed by atoms with E-state index in [0.29, 0.717) is 24.2 Å². The van der Waals surface area contributed by atoms with Crippen molar-refractivity contribution in [1.29, 1.82) is 0 Å². The van der Waals surface area contributed by atoms with Gasteiger partial charge in [-0.2, -0.15) is 0 Å². The Hall–Kier alpha value is -6.12.